The van der Waals surface area contributed by atoms with E-state index in [4.69, 9.17) is 4.42 Å². The smallest absolute Gasteiger partial charge is 0.136 e. The highest BCUT2D eigenvalue weighted by atomic mass is 32.1. The number of hydrogen-bond donors (Lipinski definition) is 0. The lowest BCUT2D eigenvalue weighted by molar-refractivity contribution is 0.669. The van der Waals surface area contributed by atoms with E-state index in [0.717, 1.165) is 55.3 Å². The van der Waals surface area contributed by atoms with E-state index in [1.807, 2.05) is 42.5 Å². The van der Waals surface area contributed by atoms with Crippen molar-refractivity contribution in [3.8, 4) is 45.5 Å². The molecule has 0 amide bonds. The highest BCUT2D eigenvalue weighted by Gasteiger charge is 2.17. The zero-order valence-electron chi connectivity index (χ0n) is 22.3. The Morgan fingerprint density at radius 2 is 1.10 bits per heavy atom. The fourth-order valence-corrected chi connectivity index (χ4v) is 7.26. The molecule has 2 heterocycles. The molecule has 0 saturated heterocycles. The summed E-state index contributed by atoms with van der Waals surface area (Å²) in [5.74, 6) is 0. The lowest BCUT2D eigenvalue weighted by Gasteiger charge is -2.13. The predicted molar refractivity (Wildman–Crippen MR) is 172 cm³/mol. The molecule has 3 nitrogen and oxygen atoms in total. The Labute approximate surface area is 245 Å². The van der Waals surface area contributed by atoms with E-state index < -0.39 is 0 Å². The molecule has 0 aliphatic rings. The topological polar surface area (TPSA) is 60.7 Å². The van der Waals surface area contributed by atoms with Crippen molar-refractivity contribution in [1.82, 2.24) is 0 Å². The molecular weight excluding hydrogens is 532 g/mol. The van der Waals surface area contributed by atoms with Gasteiger partial charge in [-0.2, -0.15) is 10.5 Å². The van der Waals surface area contributed by atoms with Crippen LogP contribution in [0.15, 0.2) is 126 Å². The zero-order chi connectivity index (χ0) is 28.2. The summed E-state index contributed by atoms with van der Waals surface area (Å²) in [5, 5.41) is 24.0. The molecule has 8 rings (SSSR count). The minimum atomic E-state index is 0.463. The number of rotatable bonds is 3. The van der Waals surface area contributed by atoms with Gasteiger partial charge in [0, 0.05) is 30.9 Å². The Kier molecular flexibility index (Phi) is 5.44. The second-order valence-electron chi connectivity index (χ2n) is 10.4. The van der Waals surface area contributed by atoms with Gasteiger partial charge in [0.05, 0.1) is 23.3 Å². The normalized spacial score (nSPS) is 11.3. The van der Waals surface area contributed by atoms with Crippen molar-refractivity contribution >= 4 is 53.4 Å². The first kappa shape index (κ1) is 24.1. The van der Waals surface area contributed by atoms with E-state index in [0.29, 0.717) is 11.1 Å². The van der Waals surface area contributed by atoms with Gasteiger partial charge in [0.15, 0.2) is 0 Å². The Morgan fingerprint density at radius 3 is 1.90 bits per heavy atom. The molecule has 8 aromatic rings. The fourth-order valence-electron chi connectivity index (χ4n) is 6.02. The standard InChI is InChI=1S/C38H20N2OS/c39-21-23-15-24(22-40)17-25(16-23)26-18-27(29-9-6-13-35-37(29)33-8-1-3-12-34(33)41-35)20-28(19-26)30-10-5-11-32-31-7-2-4-14-36(31)42-38(30)32/h1-20H. The number of nitriles is 2. The van der Waals surface area contributed by atoms with Crippen LogP contribution in [-0.4, -0.2) is 0 Å². The monoisotopic (exact) mass is 552 g/mol. The van der Waals surface area contributed by atoms with Gasteiger partial charge in [-0.25, -0.2) is 0 Å². The Morgan fingerprint density at radius 1 is 0.500 bits per heavy atom. The van der Waals surface area contributed by atoms with Crippen molar-refractivity contribution in [2.45, 2.75) is 0 Å². The second-order valence-corrected chi connectivity index (χ2v) is 11.4. The quantitative estimate of drug-likeness (QED) is 0.219. The number of fused-ring (bicyclic) bond motifs is 6. The molecule has 42 heavy (non-hydrogen) atoms. The van der Waals surface area contributed by atoms with Crippen molar-refractivity contribution in [2.75, 3.05) is 0 Å². The van der Waals surface area contributed by atoms with Crippen LogP contribution >= 0.6 is 11.3 Å². The summed E-state index contributed by atoms with van der Waals surface area (Å²) >= 11 is 1.80. The molecule has 2 aromatic heterocycles. The number of nitrogens with zero attached hydrogens (tertiary/aromatic N) is 2. The molecule has 0 atom stereocenters. The summed E-state index contributed by atoms with van der Waals surface area (Å²) in [5.41, 5.74) is 8.73. The molecule has 0 aliphatic carbocycles. The summed E-state index contributed by atoms with van der Waals surface area (Å²) in [6.07, 6.45) is 0. The molecule has 0 N–H and O–H groups in total. The van der Waals surface area contributed by atoms with Gasteiger partial charge in [-0.1, -0.05) is 66.7 Å². The van der Waals surface area contributed by atoms with Crippen LogP contribution in [-0.2, 0) is 0 Å². The first-order valence-corrected chi connectivity index (χ1v) is 14.4. The Hall–Kier alpha value is -5.68. The van der Waals surface area contributed by atoms with E-state index in [-0.39, 0.29) is 0 Å². The average Bonchev–Trinajstić information content (AvgIpc) is 3.63. The largest absolute Gasteiger partial charge is 0.456 e. The molecule has 0 spiro atoms. The van der Waals surface area contributed by atoms with Crippen molar-refractivity contribution in [3.05, 3.63) is 132 Å². The number of thiophene rings is 1. The summed E-state index contributed by atoms with van der Waals surface area (Å²) in [6.45, 7) is 0. The maximum atomic E-state index is 9.71. The van der Waals surface area contributed by atoms with Crippen molar-refractivity contribution in [2.24, 2.45) is 0 Å². The number of furan rings is 1. The Bertz CT molecular complexity index is 2420. The minimum absolute atomic E-state index is 0.463. The van der Waals surface area contributed by atoms with Gasteiger partial charge in [-0.05, 0) is 88.0 Å². The third-order valence-electron chi connectivity index (χ3n) is 7.89. The first-order valence-electron chi connectivity index (χ1n) is 13.6. The van der Waals surface area contributed by atoms with Crippen LogP contribution in [0.5, 0.6) is 0 Å². The van der Waals surface area contributed by atoms with Gasteiger partial charge < -0.3 is 4.42 Å². The van der Waals surface area contributed by atoms with Gasteiger partial charge in [-0.3, -0.25) is 0 Å². The van der Waals surface area contributed by atoms with Crippen LogP contribution in [0.2, 0.25) is 0 Å². The molecular formula is C38H20N2OS. The summed E-state index contributed by atoms with van der Waals surface area (Å²) in [6, 6.07) is 45.7. The molecule has 0 fully saturated rings. The first-order chi connectivity index (χ1) is 20.7. The molecule has 0 bridgehead atoms. The van der Waals surface area contributed by atoms with E-state index in [9.17, 15) is 10.5 Å². The lowest BCUT2D eigenvalue weighted by atomic mass is 9.90. The van der Waals surface area contributed by atoms with Crippen LogP contribution in [0.1, 0.15) is 11.1 Å². The minimum Gasteiger partial charge on any atom is -0.456 e. The third kappa shape index (κ3) is 3.79. The lowest BCUT2D eigenvalue weighted by Crippen LogP contribution is -1.89. The number of hydrogen-bond acceptors (Lipinski definition) is 4. The van der Waals surface area contributed by atoms with Gasteiger partial charge in [0.1, 0.15) is 11.2 Å². The average molecular weight is 553 g/mol. The maximum Gasteiger partial charge on any atom is 0.136 e. The number of para-hydroxylation sites is 1. The van der Waals surface area contributed by atoms with Gasteiger partial charge in [-0.15, -0.1) is 11.3 Å². The van der Waals surface area contributed by atoms with Crippen molar-refractivity contribution in [3.63, 3.8) is 0 Å². The predicted octanol–water partition coefficient (Wildman–Crippen LogP) is 10.7. The molecule has 0 unspecified atom stereocenters. The van der Waals surface area contributed by atoms with Gasteiger partial charge in [0.2, 0.25) is 0 Å². The van der Waals surface area contributed by atoms with Gasteiger partial charge >= 0.3 is 0 Å². The van der Waals surface area contributed by atoms with Crippen LogP contribution in [0.25, 0.3) is 75.5 Å². The van der Waals surface area contributed by atoms with Crippen molar-refractivity contribution in [1.29, 1.82) is 10.5 Å². The van der Waals surface area contributed by atoms with Crippen LogP contribution < -0.4 is 0 Å². The summed E-state index contributed by atoms with van der Waals surface area (Å²) < 4.78 is 8.72. The SMILES string of the molecule is N#Cc1cc(C#N)cc(-c2cc(-c3cccc4c3sc3ccccc34)cc(-c3cccc4oc5ccccc5c34)c2)c1. The molecule has 4 heteroatoms. The third-order valence-corrected chi connectivity index (χ3v) is 9.11. The van der Waals surface area contributed by atoms with Crippen LogP contribution in [0, 0.1) is 22.7 Å². The van der Waals surface area contributed by atoms with E-state index in [2.05, 4.69) is 84.9 Å². The van der Waals surface area contributed by atoms with E-state index in [1.54, 1.807) is 17.4 Å². The molecule has 0 radical (unpaired) electrons. The van der Waals surface area contributed by atoms with E-state index >= 15 is 0 Å². The van der Waals surface area contributed by atoms with Crippen LogP contribution in [0.4, 0.5) is 0 Å². The fraction of sp³-hybridized carbons (Fsp3) is 0. The van der Waals surface area contributed by atoms with E-state index in [1.165, 1.54) is 20.2 Å². The zero-order valence-corrected chi connectivity index (χ0v) is 23.1. The summed E-state index contributed by atoms with van der Waals surface area (Å²) in [7, 11) is 0. The molecule has 6 aromatic carbocycles. The highest BCUT2D eigenvalue weighted by Crippen LogP contribution is 2.43. The molecule has 194 valence electrons. The maximum absolute atomic E-state index is 9.71. The molecule has 0 aliphatic heterocycles. The van der Waals surface area contributed by atoms with Crippen LogP contribution in [0.3, 0.4) is 0 Å². The van der Waals surface area contributed by atoms with Gasteiger partial charge in [0.25, 0.3) is 0 Å². The summed E-state index contributed by atoms with van der Waals surface area (Å²) in [4.78, 5) is 0. The Balaban J connectivity index is 1.45. The highest BCUT2D eigenvalue weighted by molar-refractivity contribution is 7.26. The van der Waals surface area contributed by atoms with Crippen molar-refractivity contribution < 1.29 is 4.42 Å². The molecule has 0 saturated carbocycles. The number of benzene rings is 6. The second kappa shape index (κ2) is 9.46.